The molecule has 110 valence electrons. The van der Waals surface area contributed by atoms with Gasteiger partial charge in [0.2, 0.25) is 0 Å². The van der Waals surface area contributed by atoms with Crippen LogP contribution in [0.2, 0.25) is 0 Å². The number of nitrogens with zero attached hydrogens (tertiary/aromatic N) is 1. The fourth-order valence-electron chi connectivity index (χ4n) is 3.03. The van der Waals surface area contributed by atoms with Crippen molar-refractivity contribution in [2.75, 3.05) is 0 Å². The van der Waals surface area contributed by atoms with E-state index in [9.17, 15) is 0 Å². The summed E-state index contributed by atoms with van der Waals surface area (Å²) in [5.41, 5.74) is 8.58. The van der Waals surface area contributed by atoms with Gasteiger partial charge in [0.25, 0.3) is 0 Å². The Balaban J connectivity index is 2.13. The van der Waals surface area contributed by atoms with Crippen LogP contribution in [0.1, 0.15) is 16.7 Å². The highest BCUT2D eigenvalue weighted by molar-refractivity contribution is 9.10. The first kappa shape index (κ1) is 15.0. The molecule has 0 N–H and O–H groups in total. The number of halogens is 1. The molecule has 0 aliphatic heterocycles. The number of benzene rings is 2. The van der Waals surface area contributed by atoms with E-state index in [4.69, 9.17) is 0 Å². The Labute approximate surface area is 140 Å². The molecule has 0 amide bonds. The third-order valence-electron chi connectivity index (χ3n) is 3.85. The molecule has 1 aromatic heterocycles. The van der Waals surface area contributed by atoms with E-state index in [2.05, 4.69) is 78.1 Å². The van der Waals surface area contributed by atoms with Crippen LogP contribution >= 0.6 is 15.9 Å². The molecule has 2 aromatic carbocycles. The predicted octanol–water partition coefficient (Wildman–Crippen LogP) is 6.10. The first-order valence-corrected chi connectivity index (χ1v) is 8.14. The normalized spacial score (nSPS) is 10.7. The van der Waals surface area contributed by atoms with Gasteiger partial charge in [-0.3, -0.25) is 4.98 Å². The summed E-state index contributed by atoms with van der Waals surface area (Å²) in [4.78, 5) is 4.53. The first-order chi connectivity index (χ1) is 10.5. The quantitative estimate of drug-likeness (QED) is 0.543. The van der Waals surface area contributed by atoms with Crippen LogP contribution < -0.4 is 0 Å². The third kappa shape index (κ3) is 2.97. The Bertz CT molecular complexity index is 814. The van der Waals surface area contributed by atoms with Crippen LogP contribution in [-0.2, 0) is 0 Å². The van der Waals surface area contributed by atoms with Gasteiger partial charge in [0, 0.05) is 16.2 Å². The molecule has 0 atom stereocenters. The summed E-state index contributed by atoms with van der Waals surface area (Å²) < 4.78 is 1.07. The zero-order valence-corrected chi connectivity index (χ0v) is 14.6. The average Bonchev–Trinajstić information content (AvgIpc) is 2.46. The standard InChI is InChI=1S/C20H18BrN/c1-13-9-14(2)20(15(3)10-13)17-7-8-22-19(12-17)16-5-4-6-18(21)11-16/h4-12H,1-3H3. The number of hydrogen-bond donors (Lipinski definition) is 0. The number of aromatic nitrogens is 1. The first-order valence-electron chi connectivity index (χ1n) is 7.35. The molecule has 0 bridgehead atoms. The molecule has 22 heavy (non-hydrogen) atoms. The fraction of sp³-hybridized carbons (Fsp3) is 0.150. The molecule has 0 spiro atoms. The summed E-state index contributed by atoms with van der Waals surface area (Å²) >= 11 is 3.53. The topological polar surface area (TPSA) is 12.9 Å². The lowest BCUT2D eigenvalue weighted by molar-refractivity contribution is 1.29. The van der Waals surface area contributed by atoms with E-state index in [-0.39, 0.29) is 0 Å². The average molecular weight is 352 g/mol. The zero-order chi connectivity index (χ0) is 15.7. The fourth-order valence-corrected chi connectivity index (χ4v) is 3.43. The molecule has 0 unspecified atom stereocenters. The smallest absolute Gasteiger partial charge is 0.0708 e. The van der Waals surface area contributed by atoms with Gasteiger partial charge in [-0.25, -0.2) is 0 Å². The second-order valence-corrected chi connectivity index (χ2v) is 6.63. The van der Waals surface area contributed by atoms with E-state index in [1.807, 2.05) is 18.3 Å². The van der Waals surface area contributed by atoms with Gasteiger partial charge in [-0.1, -0.05) is 45.8 Å². The lowest BCUT2D eigenvalue weighted by Gasteiger charge is -2.12. The van der Waals surface area contributed by atoms with Crippen molar-refractivity contribution in [1.82, 2.24) is 4.98 Å². The minimum Gasteiger partial charge on any atom is -0.256 e. The maximum Gasteiger partial charge on any atom is 0.0708 e. The molecule has 0 aliphatic rings. The Morgan fingerprint density at radius 1 is 0.818 bits per heavy atom. The van der Waals surface area contributed by atoms with Crippen LogP contribution in [0, 0.1) is 20.8 Å². The summed E-state index contributed by atoms with van der Waals surface area (Å²) in [6.45, 7) is 6.49. The Kier molecular flexibility index (Phi) is 4.12. The number of pyridine rings is 1. The van der Waals surface area contributed by atoms with Crippen LogP contribution in [-0.4, -0.2) is 4.98 Å². The SMILES string of the molecule is Cc1cc(C)c(-c2ccnc(-c3cccc(Br)c3)c2)c(C)c1. The monoisotopic (exact) mass is 351 g/mol. The number of hydrogen-bond acceptors (Lipinski definition) is 1. The molecule has 1 nitrogen and oxygen atoms in total. The van der Waals surface area contributed by atoms with Crippen molar-refractivity contribution in [1.29, 1.82) is 0 Å². The van der Waals surface area contributed by atoms with Gasteiger partial charge in [0.1, 0.15) is 0 Å². The van der Waals surface area contributed by atoms with Gasteiger partial charge < -0.3 is 0 Å². The van der Waals surface area contributed by atoms with Crippen molar-refractivity contribution in [3.8, 4) is 22.4 Å². The Hall–Kier alpha value is -1.93. The predicted molar refractivity (Wildman–Crippen MR) is 97.0 cm³/mol. The second-order valence-electron chi connectivity index (χ2n) is 5.71. The maximum atomic E-state index is 4.53. The molecule has 2 heteroatoms. The number of rotatable bonds is 2. The molecule has 3 aromatic rings. The van der Waals surface area contributed by atoms with Crippen molar-refractivity contribution < 1.29 is 0 Å². The molecular formula is C20H18BrN. The second kappa shape index (κ2) is 6.05. The van der Waals surface area contributed by atoms with Gasteiger partial charge in [-0.2, -0.15) is 0 Å². The van der Waals surface area contributed by atoms with Gasteiger partial charge >= 0.3 is 0 Å². The summed E-state index contributed by atoms with van der Waals surface area (Å²) in [5.74, 6) is 0. The molecule has 0 fully saturated rings. The van der Waals surface area contributed by atoms with Gasteiger partial charge in [-0.15, -0.1) is 0 Å². The van der Waals surface area contributed by atoms with Crippen LogP contribution in [0.15, 0.2) is 59.2 Å². The summed E-state index contributed by atoms with van der Waals surface area (Å²) in [6.07, 6.45) is 1.89. The van der Waals surface area contributed by atoms with Crippen molar-refractivity contribution >= 4 is 15.9 Å². The van der Waals surface area contributed by atoms with Crippen LogP contribution in [0.3, 0.4) is 0 Å². The third-order valence-corrected chi connectivity index (χ3v) is 4.34. The lowest BCUT2D eigenvalue weighted by atomic mass is 9.93. The minimum absolute atomic E-state index is 0.998. The maximum absolute atomic E-state index is 4.53. The van der Waals surface area contributed by atoms with Gasteiger partial charge in [0.15, 0.2) is 0 Å². The molecule has 0 radical (unpaired) electrons. The molecular weight excluding hydrogens is 334 g/mol. The molecule has 0 saturated carbocycles. The van der Waals surface area contributed by atoms with Gasteiger partial charge in [0.05, 0.1) is 5.69 Å². The summed E-state index contributed by atoms with van der Waals surface area (Å²) in [5, 5.41) is 0. The highest BCUT2D eigenvalue weighted by Crippen LogP contribution is 2.31. The van der Waals surface area contributed by atoms with Crippen molar-refractivity contribution in [2.45, 2.75) is 20.8 Å². The highest BCUT2D eigenvalue weighted by atomic mass is 79.9. The van der Waals surface area contributed by atoms with E-state index in [0.717, 1.165) is 15.7 Å². The van der Waals surface area contributed by atoms with Crippen molar-refractivity contribution in [3.05, 3.63) is 75.9 Å². The number of aryl methyl sites for hydroxylation is 3. The largest absolute Gasteiger partial charge is 0.256 e. The van der Waals surface area contributed by atoms with E-state index < -0.39 is 0 Å². The van der Waals surface area contributed by atoms with Crippen LogP contribution in [0.4, 0.5) is 0 Å². The van der Waals surface area contributed by atoms with Crippen molar-refractivity contribution in [3.63, 3.8) is 0 Å². The van der Waals surface area contributed by atoms with E-state index >= 15 is 0 Å². The Morgan fingerprint density at radius 3 is 2.23 bits per heavy atom. The Morgan fingerprint density at radius 2 is 1.55 bits per heavy atom. The summed E-state index contributed by atoms with van der Waals surface area (Å²) in [6, 6.07) is 17.0. The molecule has 1 heterocycles. The van der Waals surface area contributed by atoms with Crippen molar-refractivity contribution in [2.24, 2.45) is 0 Å². The van der Waals surface area contributed by atoms with Crippen LogP contribution in [0.25, 0.3) is 22.4 Å². The van der Waals surface area contributed by atoms with E-state index in [1.165, 1.54) is 27.8 Å². The van der Waals surface area contributed by atoms with E-state index in [0.29, 0.717) is 0 Å². The van der Waals surface area contributed by atoms with Gasteiger partial charge in [-0.05, 0) is 67.3 Å². The molecule has 3 rings (SSSR count). The minimum atomic E-state index is 0.998. The molecule has 0 saturated heterocycles. The zero-order valence-electron chi connectivity index (χ0n) is 13.0. The highest BCUT2D eigenvalue weighted by Gasteiger charge is 2.09. The van der Waals surface area contributed by atoms with Crippen LogP contribution in [0.5, 0.6) is 0 Å². The van der Waals surface area contributed by atoms with E-state index in [1.54, 1.807) is 0 Å². The lowest BCUT2D eigenvalue weighted by Crippen LogP contribution is -1.92. The summed E-state index contributed by atoms with van der Waals surface area (Å²) in [7, 11) is 0. The molecule has 0 aliphatic carbocycles.